The summed E-state index contributed by atoms with van der Waals surface area (Å²) in [6.07, 6.45) is -0.923. The van der Waals surface area contributed by atoms with E-state index in [-0.39, 0.29) is 26.2 Å². The van der Waals surface area contributed by atoms with Crippen molar-refractivity contribution in [2.45, 2.75) is 65.0 Å². The zero-order chi connectivity index (χ0) is 38.5. The highest BCUT2D eigenvalue weighted by atomic mass is 16.2. The van der Waals surface area contributed by atoms with Crippen molar-refractivity contribution in [2.24, 2.45) is 0 Å². The molecule has 0 bridgehead atoms. The van der Waals surface area contributed by atoms with Crippen LogP contribution in [0, 0.1) is 13.8 Å². The van der Waals surface area contributed by atoms with Crippen molar-refractivity contribution in [1.29, 1.82) is 0 Å². The van der Waals surface area contributed by atoms with Crippen molar-refractivity contribution in [2.75, 3.05) is 13.1 Å². The number of nitrogens with zero attached hydrogens (tertiary/aromatic N) is 2. The van der Waals surface area contributed by atoms with Crippen LogP contribution in [0.1, 0.15) is 46.2 Å². The Morgan fingerprint density at radius 2 is 0.741 bits per heavy atom. The Hall–Kier alpha value is -6.30. The van der Waals surface area contributed by atoms with Crippen molar-refractivity contribution in [3.05, 3.63) is 143 Å². The summed E-state index contributed by atoms with van der Waals surface area (Å²) in [5.41, 5.74) is 5.45. The molecule has 1 fully saturated rings. The molecule has 0 saturated carbocycles. The normalized spacial score (nSPS) is 15.4. The summed E-state index contributed by atoms with van der Waals surface area (Å²) in [5.74, 6) is -3.61. The van der Waals surface area contributed by atoms with Crippen LogP contribution in [0.15, 0.2) is 109 Å². The van der Waals surface area contributed by atoms with Crippen molar-refractivity contribution < 1.29 is 28.8 Å². The molecule has 1 heterocycles. The standard InChI is InChI=1S/C42H46N6O6/c1-29-13-17-33(18-14-29)25-43-37(49)21-35-41(53)48(28-40(52)46-24-32-11-7-4-8-12-32)36(22-38(50)44-26-34-19-15-30(2)16-20-34)42(54)47(35)27-39(51)45-23-31-9-5-3-6-10-31/h3-20,35-36H,21-28H2,1-2H3,(H,43,49)(H,44,50)(H,45,51)(H,46,52)/t35-,36-/m0/s1. The fourth-order valence-electron chi connectivity index (χ4n) is 6.05. The maximum absolute atomic E-state index is 14.4. The van der Waals surface area contributed by atoms with Crippen LogP contribution >= 0.6 is 0 Å². The number of rotatable bonds is 16. The van der Waals surface area contributed by atoms with E-state index in [0.29, 0.717) is 0 Å². The van der Waals surface area contributed by atoms with Crippen molar-refractivity contribution in [3.8, 4) is 0 Å². The lowest BCUT2D eigenvalue weighted by Crippen LogP contribution is -2.68. The second-order valence-corrected chi connectivity index (χ2v) is 13.4. The lowest BCUT2D eigenvalue weighted by Gasteiger charge is -2.44. The number of hydrogen-bond donors (Lipinski definition) is 4. The van der Waals surface area contributed by atoms with Gasteiger partial charge in [0, 0.05) is 26.2 Å². The Bertz CT molecular complexity index is 1780. The smallest absolute Gasteiger partial charge is 0.247 e. The van der Waals surface area contributed by atoms with Crippen LogP contribution < -0.4 is 21.3 Å². The number of aryl methyl sites for hydroxylation is 2. The molecule has 0 radical (unpaired) electrons. The summed E-state index contributed by atoms with van der Waals surface area (Å²) in [6, 6.07) is 30.7. The average molecular weight is 731 g/mol. The number of carbonyl (C=O) groups excluding carboxylic acids is 6. The van der Waals surface area contributed by atoms with Crippen LogP contribution in [0.4, 0.5) is 0 Å². The highest BCUT2D eigenvalue weighted by Crippen LogP contribution is 2.23. The number of nitrogens with one attached hydrogen (secondary N) is 4. The highest BCUT2D eigenvalue weighted by molar-refractivity contribution is 6.03. The molecule has 5 rings (SSSR count). The molecule has 0 aliphatic carbocycles. The molecule has 280 valence electrons. The van der Waals surface area contributed by atoms with Gasteiger partial charge in [-0.15, -0.1) is 0 Å². The van der Waals surface area contributed by atoms with Crippen LogP contribution in [-0.2, 0) is 54.9 Å². The van der Waals surface area contributed by atoms with Gasteiger partial charge < -0.3 is 31.1 Å². The van der Waals surface area contributed by atoms with Crippen LogP contribution in [-0.4, -0.2) is 70.4 Å². The zero-order valence-corrected chi connectivity index (χ0v) is 30.5. The van der Waals surface area contributed by atoms with Crippen LogP contribution in [0.25, 0.3) is 0 Å². The molecule has 1 aliphatic heterocycles. The molecule has 4 aromatic rings. The van der Waals surface area contributed by atoms with Crippen LogP contribution in [0.5, 0.6) is 0 Å². The van der Waals surface area contributed by atoms with E-state index in [1.54, 1.807) is 0 Å². The fourth-order valence-corrected chi connectivity index (χ4v) is 6.05. The lowest BCUT2D eigenvalue weighted by molar-refractivity contribution is -0.166. The number of piperazine rings is 1. The molecule has 1 aliphatic rings. The summed E-state index contributed by atoms with van der Waals surface area (Å²) in [7, 11) is 0. The predicted octanol–water partition coefficient (Wildman–Crippen LogP) is 3.06. The highest BCUT2D eigenvalue weighted by Gasteiger charge is 2.48. The van der Waals surface area contributed by atoms with Crippen LogP contribution in [0.3, 0.4) is 0 Å². The summed E-state index contributed by atoms with van der Waals surface area (Å²) in [4.78, 5) is 84.3. The quantitative estimate of drug-likeness (QED) is 0.139. The van der Waals surface area contributed by atoms with Gasteiger partial charge in [-0.2, -0.15) is 0 Å². The molecule has 4 N–H and O–H groups in total. The molecule has 6 amide bonds. The monoisotopic (exact) mass is 730 g/mol. The molecule has 54 heavy (non-hydrogen) atoms. The molecule has 4 aromatic carbocycles. The van der Waals surface area contributed by atoms with Gasteiger partial charge in [-0.25, -0.2) is 0 Å². The van der Waals surface area contributed by atoms with Crippen molar-refractivity contribution in [3.63, 3.8) is 0 Å². The zero-order valence-electron chi connectivity index (χ0n) is 30.5. The van der Waals surface area contributed by atoms with E-state index >= 15 is 0 Å². The Morgan fingerprint density at radius 1 is 0.444 bits per heavy atom. The minimum Gasteiger partial charge on any atom is -0.352 e. The lowest BCUT2D eigenvalue weighted by atomic mass is 9.98. The molecular formula is C42H46N6O6. The summed E-state index contributed by atoms with van der Waals surface area (Å²) < 4.78 is 0. The first-order chi connectivity index (χ1) is 26.0. The van der Waals surface area contributed by atoms with Crippen molar-refractivity contribution >= 4 is 35.4 Å². The molecule has 0 unspecified atom stereocenters. The Labute approximate surface area is 315 Å². The molecule has 0 spiro atoms. The Balaban J connectivity index is 1.37. The molecular weight excluding hydrogens is 684 g/mol. The third-order valence-corrected chi connectivity index (χ3v) is 9.16. The van der Waals surface area contributed by atoms with Gasteiger partial charge in [0.1, 0.15) is 25.2 Å². The third kappa shape index (κ3) is 11.3. The van der Waals surface area contributed by atoms with Crippen LogP contribution in [0.2, 0.25) is 0 Å². The predicted molar refractivity (Wildman–Crippen MR) is 203 cm³/mol. The third-order valence-electron chi connectivity index (χ3n) is 9.16. The van der Waals surface area contributed by atoms with Gasteiger partial charge in [0.05, 0.1) is 12.8 Å². The summed E-state index contributed by atoms with van der Waals surface area (Å²) >= 11 is 0. The largest absolute Gasteiger partial charge is 0.352 e. The van der Waals surface area contributed by atoms with Crippen molar-refractivity contribution in [1.82, 2.24) is 31.1 Å². The first-order valence-electron chi connectivity index (χ1n) is 17.9. The minimum atomic E-state index is -1.41. The van der Waals surface area contributed by atoms with Gasteiger partial charge in [-0.1, -0.05) is 120 Å². The number of hydrogen-bond acceptors (Lipinski definition) is 6. The van der Waals surface area contributed by atoms with Gasteiger partial charge in [0.25, 0.3) is 0 Å². The molecule has 1 saturated heterocycles. The van der Waals surface area contributed by atoms with E-state index in [1.807, 2.05) is 123 Å². The molecule has 12 nitrogen and oxygen atoms in total. The van der Waals surface area contributed by atoms with E-state index in [9.17, 15) is 28.8 Å². The second-order valence-electron chi connectivity index (χ2n) is 13.4. The maximum Gasteiger partial charge on any atom is 0.247 e. The fraction of sp³-hybridized carbons (Fsp3) is 0.286. The molecule has 2 atom stereocenters. The van der Waals surface area contributed by atoms with Gasteiger partial charge in [-0.05, 0) is 36.1 Å². The first-order valence-corrected chi connectivity index (χ1v) is 17.9. The average Bonchev–Trinajstić information content (AvgIpc) is 3.18. The van der Waals surface area contributed by atoms with E-state index in [1.165, 1.54) is 0 Å². The van der Waals surface area contributed by atoms with Gasteiger partial charge in [0.2, 0.25) is 35.4 Å². The molecule has 0 aromatic heterocycles. The number of amides is 6. The Kier molecular flexibility index (Phi) is 13.7. The van der Waals surface area contributed by atoms with E-state index in [0.717, 1.165) is 43.2 Å². The number of benzene rings is 4. The second kappa shape index (κ2) is 19.0. The van der Waals surface area contributed by atoms with Gasteiger partial charge in [0.15, 0.2) is 0 Å². The van der Waals surface area contributed by atoms with E-state index in [2.05, 4.69) is 21.3 Å². The Morgan fingerprint density at radius 3 is 1.07 bits per heavy atom. The van der Waals surface area contributed by atoms with Gasteiger partial charge >= 0.3 is 0 Å². The topological polar surface area (TPSA) is 157 Å². The maximum atomic E-state index is 14.4. The summed E-state index contributed by atoms with van der Waals surface area (Å²) in [6.45, 7) is 3.54. The SMILES string of the molecule is Cc1ccc(CNC(=O)C[C@H]2C(=O)N(CC(=O)NCc3ccccc3)[C@@H](CC(=O)NCc3ccc(C)cc3)C(=O)N2CC(=O)NCc2ccccc2)cc1. The van der Waals surface area contributed by atoms with E-state index in [4.69, 9.17) is 0 Å². The minimum absolute atomic E-state index is 0.176. The number of carbonyl (C=O) groups is 6. The molecule has 12 heteroatoms. The van der Waals surface area contributed by atoms with Gasteiger partial charge in [-0.3, -0.25) is 28.8 Å². The first kappa shape index (κ1) is 38.9. The van der Waals surface area contributed by atoms with E-state index < -0.39 is 73.5 Å². The summed E-state index contributed by atoms with van der Waals surface area (Å²) in [5, 5.41) is 11.2.